The molecule has 1 aromatic carbocycles. The second-order valence-corrected chi connectivity index (χ2v) is 4.66. The summed E-state index contributed by atoms with van der Waals surface area (Å²) in [5.41, 5.74) is 1.02. The molecule has 0 aliphatic carbocycles. The lowest BCUT2D eigenvalue weighted by Gasteiger charge is -2.05. The second kappa shape index (κ2) is 5.70. The van der Waals surface area contributed by atoms with Gasteiger partial charge in [0.2, 0.25) is 18.1 Å². The summed E-state index contributed by atoms with van der Waals surface area (Å²) in [7, 11) is 0. The number of carbonyl (C=O) groups excluding carboxylic acids is 1. The van der Waals surface area contributed by atoms with Gasteiger partial charge in [0.25, 0.3) is 0 Å². The quantitative estimate of drug-likeness (QED) is 0.896. The van der Waals surface area contributed by atoms with Gasteiger partial charge in [-0.2, -0.15) is 0 Å². The minimum absolute atomic E-state index is 0.204. The molecule has 2 N–H and O–H groups in total. The Kier molecular flexibility index (Phi) is 3.59. The number of anilines is 1. The Morgan fingerprint density at radius 1 is 1.24 bits per heavy atom. The first-order valence-electron chi connectivity index (χ1n) is 6.58. The average molecular weight is 286 g/mol. The summed E-state index contributed by atoms with van der Waals surface area (Å²) in [5, 5.41) is 2.59. The smallest absolute Gasteiger partial charge is 0.231 e. The van der Waals surface area contributed by atoms with Gasteiger partial charge in [0.1, 0.15) is 5.69 Å². The maximum absolute atomic E-state index is 11.9. The van der Waals surface area contributed by atoms with Crippen molar-refractivity contribution >= 4 is 11.6 Å². The van der Waals surface area contributed by atoms with Crippen molar-refractivity contribution in [2.75, 3.05) is 12.1 Å². The monoisotopic (exact) mass is 286 g/mol. The van der Waals surface area contributed by atoms with E-state index in [-0.39, 0.29) is 30.2 Å². The van der Waals surface area contributed by atoms with Crippen molar-refractivity contribution in [3.63, 3.8) is 0 Å². The summed E-state index contributed by atoms with van der Waals surface area (Å²) < 4.78 is 10.5. The summed E-state index contributed by atoms with van der Waals surface area (Å²) in [5.74, 6) is 1.22. The molecular weight excluding hydrogens is 272 g/mol. The number of carbonyl (C=O) groups is 1. The Morgan fingerprint density at radius 2 is 2.10 bits per heavy atom. The second-order valence-electron chi connectivity index (χ2n) is 4.66. The molecule has 0 spiro atoms. The standard InChI is InChI=1S/C15H14N2O4/c18-12-5-6-16-8-11(12)17-15(19)4-2-10-1-3-13-14(7-10)21-9-20-13/h1,3,5-8H,2,4,9H2,(H,16,18)(H,17,19). The van der Waals surface area contributed by atoms with Gasteiger partial charge in [-0.15, -0.1) is 0 Å². The van der Waals surface area contributed by atoms with Crippen molar-refractivity contribution in [1.29, 1.82) is 0 Å². The summed E-state index contributed by atoms with van der Waals surface area (Å²) >= 11 is 0. The molecule has 1 aliphatic heterocycles. The van der Waals surface area contributed by atoms with Crippen molar-refractivity contribution < 1.29 is 14.3 Å². The van der Waals surface area contributed by atoms with Crippen LogP contribution in [0.1, 0.15) is 12.0 Å². The Balaban J connectivity index is 1.59. The highest BCUT2D eigenvalue weighted by Gasteiger charge is 2.13. The molecule has 6 nitrogen and oxygen atoms in total. The first kappa shape index (κ1) is 13.2. The minimum Gasteiger partial charge on any atom is -0.454 e. The van der Waals surface area contributed by atoms with E-state index < -0.39 is 0 Å². The first-order valence-corrected chi connectivity index (χ1v) is 6.58. The van der Waals surface area contributed by atoms with E-state index in [4.69, 9.17) is 9.47 Å². The van der Waals surface area contributed by atoms with E-state index in [0.29, 0.717) is 12.2 Å². The predicted molar refractivity (Wildman–Crippen MR) is 76.6 cm³/mol. The van der Waals surface area contributed by atoms with E-state index >= 15 is 0 Å². The Hall–Kier alpha value is -2.76. The zero-order chi connectivity index (χ0) is 14.7. The fourth-order valence-electron chi connectivity index (χ4n) is 2.08. The Morgan fingerprint density at radius 3 is 2.95 bits per heavy atom. The van der Waals surface area contributed by atoms with E-state index in [0.717, 1.165) is 11.3 Å². The van der Waals surface area contributed by atoms with Gasteiger partial charge >= 0.3 is 0 Å². The lowest BCUT2D eigenvalue weighted by atomic mass is 10.1. The minimum atomic E-state index is -0.217. The van der Waals surface area contributed by atoms with Gasteiger partial charge in [0.15, 0.2) is 11.5 Å². The molecule has 2 aromatic rings. The Labute approximate surface area is 120 Å². The lowest BCUT2D eigenvalue weighted by molar-refractivity contribution is -0.116. The van der Waals surface area contributed by atoms with Crippen LogP contribution >= 0.6 is 0 Å². The number of amides is 1. The summed E-state index contributed by atoms with van der Waals surface area (Å²) in [6.07, 6.45) is 3.84. The molecule has 0 radical (unpaired) electrons. The van der Waals surface area contributed by atoms with Crippen molar-refractivity contribution in [2.45, 2.75) is 12.8 Å². The zero-order valence-electron chi connectivity index (χ0n) is 11.2. The molecule has 0 bridgehead atoms. The zero-order valence-corrected chi connectivity index (χ0v) is 11.2. The summed E-state index contributed by atoms with van der Waals surface area (Å²) in [4.78, 5) is 26.1. The van der Waals surface area contributed by atoms with Crippen LogP contribution in [-0.2, 0) is 11.2 Å². The van der Waals surface area contributed by atoms with Gasteiger partial charge in [-0.25, -0.2) is 0 Å². The van der Waals surface area contributed by atoms with Crippen LogP contribution in [0.15, 0.2) is 41.5 Å². The SMILES string of the molecule is O=C(CCc1ccc2c(c1)OCO2)Nc1c[nH]ccc1=O. The number of nitrogens with one attached hydrogen (secondary N) is 2. The molecule has 0 fully saturated rings. The fourth-order valence-corrected chi connectivity index (χ4v) is 2.08. The van der Waals surface area contributed by atoms with E-state index in [1.165, 1.54) is 18.5 Å². The molecular formula is C15H14N2O4. The van der Waals surface area contributed by atoms with E-state index in [2.05, 4.69) is 10.3 Å². The van der Waals surface area contributed by atoms with Gasteiger partial charge in [0.05, 0.1) is 0 Å². The Bertz CT molecular complexity index is 724. The molecule has 1 aliphatic rings. The molecule has 3 rings (SSSR count). The summed E-state index contributed by atoms with van der Waals surface area (Å²) in [6.45, 7) is 0.232. The van der Waals surface area contributed by atoms with Crippen LogP contribution in [0.5, 0.6) is 11.5 Å². The molecule has 1 amide bonds. The number of benzene rings is 1. The number of pyridine rings is 1. The van der Waals surface area contributed by atoms with Crippen molar-refractivity contribution in [3.05, 3.63) is 52.4 Å². The number of hydrogen-bond acceptors (Lipinski definition) is 4. The van der Waals surface area contributed by atoms with Crippen LogP contribution in [0, 0.1) is 0 Å². The molecule has 0 saturated heterocycles. The topological polar surface area (TPSA) is 80.4 Å². The maximum Gasteiger partial charge on any atom is 0.231 e. The van der Waals surface area contributed by atoms with Crippen LogP contribution in [0.4, 0.5) is 5.69 Å². The maximum atomic E-state index is 11.9. The van der Waals surface area contributed by atoms with Gasteiger partial charge < -0.3 is 19.8 Å². The van der Waals surface area contributed by atoms with Crippen molar-refractivity contribution in [2.24, 2.45) is 0 Å². The van der Waals surface area contributed by atoms with Crippen LogP contribution in [-0.4, -0.2) is 17.7 Å². The van der Waals surface area contributed by atoms with Gasteiger partial charge in [0, 0.05) is 24.9 Å². The molecule has 0 atom stereocenters. The molecule has 108 valence electrons. The number of fused-ring (bicyclic) bond motifs is 1. The molecule has 2 heterocycles. The number of hydrogen-bond donors (Lipinski definition) is 2. The highest BCUT2D eigenvalue weighted by atomic mass is 16.7. The molecule has 21 heavy (non-hydrogen) atoms. The number of aromatic amines is 1. The van der Waals surface area contributed by atoms with Crippen LogP contribution < -0.4 is 20.2 Å². The highest BCUT2D eigenvalue weighted by Crippen LogP contribution is 2.32. The van der Waals surface area contributed by atoms with E-state index in [9.17, 15) is 9.59 Å². The predicted octanol–water partition coefficient (Wildman–Crippen LogP) is 1.67. The lowest BCUT2D eigenvalue weighted by Crippen LogP contribution is -2.18. The van der Waals surface area contributed by atoms with Crippen LogP contribution in [0.3, 0.4) is 0 Å². The highest BCUT2D eigenvalue weighted by molar-refractivity contribution is 5.90. The molecule has 1 aromatic heterocycles. The number of ether oxygens (including phenoxy) is 2. The fraction of sp³-hybridized carbons (Fsp3) is 0.200. The first-order chi connectivity index (χ1) is 10.2. The van der Waals surface area contributed by atoms with E-state index in [1.807, 2.05) is 18.2 Å². The van der Waals surface area contributed by atoms with Crippen LogP contribution in [0.25, 0.3) is 0 Å². The number of H-pyrrole nitrogens is 1. The number of aryl methyl sites for hydroxylation is 1. The largest absolute Gasteiger partial charge is 0.454 e. The van der Waals surface area contributed by atoms with Gasteiger partial charge in [-0.3, -0.25) is 9.59 Å². The molecule has 0 unspecified atom stereocenters. The van der Waals surface area contributed by atoms with Gasteiger partial charge in [-0.05, 0) is 24.1 Å². The molecule has 0 saturated carbocycles. The van der Waals surface area contributed by atoms with Crippen molar-refractivity contribution in [3.8, 4) is 11.5 Å². The van der Waals surface area contributed by atoms with Gasteiger partial charge in [-0.1, -0.05) is 6.07 Å². The van der Waals surface area contributed by atoms with Crippen molar-refractivity contribution in [1.82, 2.24) is 4.98 Å². The summed E-state index contributed by atoms with van der Waals surface area (Å²) in [6, 6.07) is 6.96. The average Bonchev–Trinajstić information content (AvgIpc) is 2.95. The third kappa shape index (κ3) is 3.05. The molecule has 6 heteroatoms. The normalized spacial score (nSPS) is 12.2. The number of rotatable bonds is 4. The third-order valence-electron chi connectivity index (χ3n) is 3.18. The van der Waals surface area contributed by atoms with E-state index in [1.54, 1.807) is 0 Å². The number of aromatic nitrogens is 1. The van der Waals surface area contributed by atoms with Crippen LogP contribution in [0.2, 0.25) is 0 Å². The third-order valence-corrected chi connectivity index (χ3v) is 3.18.